The number of aryl methyl sites for hydroxylation is 1. The average molecular weight is 434 g/mol. The molecule has 7 heteroatoms. The van der Waals surface area contributed by atoms with Crippen LogP contribution in [0.1, 0.15) is 10.4 Å². The second-order valence-electron chi connectivity index (χ2n) is 7.88. The molecule has 0 saturated carbocycles. The van der Waals surface area contributed by atoms with E-state index in [1.54, 1.807) is 17.0 Å². The van der Waals surface area contributed by atoms with Crippen LogP contribution in [-0.2, 0) is 17.1 Å². The number of para-hydroxylation sites is 1. The molecular formula is C24H23N3O3S. The number of rotatable bonds is 3. The van der Waals surface area contributed by atoms with Gasteiger partial charge in [0, 0.05) is 50.3 Å². The van der Waals surface area contributed by atoms with Crippen molar-refractivity contribution in [2.24, 2.45) is 7.05 Å². The lowest BCUT2D eigenvalue weighted by atomic mass is 10.1. The van der Waals surface area contributed by atoms with E-state index in [9.17, 15) is 13.2 Å². The number of aromatic nitrogens is 1. The van der Waals surface area contributed by atoms with Crippen molar-refractivity contribution < 1.29 is 13.2 Å². The molecule has 31 heavy (non-hydrogen) atoms. The Morgan fingerprint density at radius 1 is 0.839 bits per heavy atom. The first kappa shape index (κ1) is 19.8. The minimum Gasteiger partial charge on any atom is -0.350 e. The van der Waals surface area contributed by atoms with Gasteiger partial charge in [-0.1, -0.05) is 48.5 Å². The van der Waals surface area contributed by atoms with Crippen LogP contribution in [0.5, 0.6) is 0 Å². The first-order valence-electron chi connectivity index (χ1n) is 10.3. The SMILES string of the molecule is Cn1cc(C(=O)N2CCN(S(=O)(=O)c3ccc4ccccc4c3)CC2)c2ccccc21. The zero-order valence-corrected chi connectivity index (χ0v) is 18.0. The summed E-state index contributed by atoms with van der Waals surface area (Å²) in [6, 6.07) is 20.7. The minimum absolute atomic E-state index is 0.0560. The monoisotopic (exact) mass is 433 g/mol. The summed E-state index contributed by atoms with van der Waals surface area (Å²) in [5.74, 6) is -0.0560. The number of sulfonamides is 1. The Hall–Kier alpha value is -3.16. The lowest BCUT2D eigenvalue weighted by molar-refractivity contribution is 0.0699. The molecule has 0 spiro atoms. The highest BCUT2D eigenvalue weighted by atomic mass is 32.2. The van der Waals surface area contributed by atoms with E-state index in [0.29, 0.717) is 23.5 Å². The van der Waals surface area contributed by atoms with Gasteiger partial charge in [-0.3, -0.25) is 4.79 Å². The Kier molecular flexibility index (Phi) is 4.79. The molecule has 0 atom stereocenters. The van der Waals surface area contributed by atoms with E-state index >= 15 is 0 Å². The smallest absolute Gasteiger partial charge is 0.256 e. The van der Waals surface area contributed by atoms with Crippen molar-refractivity contribution in [1.29, 1.82) is 0 Å². The maximum absolute atomic E-state index is 13.2. The predicted molar refractivity (Wildman–Crippen MR) is 122 cm³/mol. The molecule has 3 aromatic carbocycles. The number of hydrogen-bond acceptors (Lipinski definition) is 3. The van der Waals surface area contributed by atoms with E-state index in [2.05, 4.69) is 0 Å². The first-order valence-corrected chi connectivity index (χ1v) is 11.7. The molecule has 1 fully saturated rings. The standard InChI is InChI=1S/C24H23N3O3S/c1-25-17-22(21-8-4-5-9-23(21)25)24(28)26-12-14-27(15-13-26)31(29,30)20-11-10-18-6-2-3-7-19(18)16-20/h2-11,16-17H,12-15H2,1H3. The maximum atomic E-state index is 13.2. The van der Waals surface area contributed by atoms with Crippen LogP contribution in [-0.4, -0.2) is 54.3 Å². The Balaban J connectivity index is 1.35. The zero-order valence-electron chi connectivity index (χ0n) is 17.2. The van der Waals surface area contributed by atoms with Gasteiger partial charge in [0.1, 0.15) is 0 Å². The van der Waals surface area contributed by atoms with Crippen molar-refractivity contribution in [2.75, 3.05) is 26.2 Å². The van der Waals surface area contributed by atoms with Gasteiger partial charge in [-0.2, -0.15) is 4.31 Å². The number of benzene rings is 3. The van der Waals surface area contributed by atoms with Gasteiger partial charge in [-0.05, 0) is 29.0 Å². The summed E-state index contributed by atoms with van der Waals surface area (Å²) in [4.78, 5) is 15.2. The van der Waals surface area contributed by atoms with Crippen molar-refractivity contribution in [1.82, 2.24) is 13.8 Å². The van der Waals surface area contributed by atoms with Gasteiger partial charge in [0.25, 0.3) is 5.91 Å². The highest BCUT2D eigenvalue weighted by molar-refractivity contribution is 7.89. The van der Waals surface area contributed by atoms with E-state index in [-0.39, 0.29) is 19.0 Å². The highest BCUT2D eigenvalue weighted by Gasteiger charge is 2.31. The van der Waals surface area contributed by atoms with Gasteiger partial charge < -0.3 is 9.47 Å². The molecule has 4 aromatic rings. The molecule has 0 unspecified atom stereocenters. The number of fused-ring (bicyclic) bond motifs is 2. The summed E-state index contributed by atoms with van der Waals surface area (Å²) < 4.78 is 29.8. The minimum atomic E-state index is -3.61. The molecule has 158 valence electrons. The molecule has 0 N–H and O–H groups in total. The van der Waals surface area contributed by atoms with Crippen molar-refractivity contribution >= 4 is 37.6 Å². The third kappa shape index (κ3) is 3.40. The molecule has 6 nitrogen and oxygen atoms in total. The van der Waals surface area contributed by atoms with Crippen LogP contribution in [0.15, 0.2) is 77.8 Å². The first-order chi connectivity index (χ1) is 14.9. The molecule has 1 amide bonds. The highest BCUT2D eigenvalue weighted by Crippen LogP contribution is 2.25. The quantitative estimate of drug-likeness (QED) is 0.497. The third-order valence-electron chi connectivity index (χ3n) is 6.01. The van der Waals surface area contributed by atoms with Crippen molar-refractivity contribution in [3.8, 4) is 0 Å². The third-order valence-corrected chi connectivity index (χ3v) is 7.91. The van der Waals surface area contributed by atoms with E-state index in [1.807, 2.05) is 72.4 Å². The summed E-state index contributed by atoms with van der Waals surface area (Å²) >= 11 is 0. The molecule has 0 aliphatic carbocycles. The molecule has 5 rings (SSSR count). The molecule has 2 heterocycles. The predicted octanol–water partition coefficient (Wildman–Crippen LogP) is 3.48. The zero-order chi connectivity index (χ0) is 21.6. The number of amides is 1. The van der Waals surface area contributed by atoms with E-state index in [0.717, 1.165) is 21.7 Å². The number of nitrogens with zero attached hydrogens (tertiary/aromatic N) is 3. The molecule has 1 aromatic heterocycles. The summed E-state index contributed by atoms with van der Waals surface area (Å²) in [6.07, 6.45) is 1.85. The number of carbonyl (C=O) groups is 1. The van der Waals surface area contributed by atoms with E-state index in [1.165, 1.54) is 4.31 Å². The van der Waals surface area contributed by atoms with Crippen LogP contribution in [0.2, 0.25) is 0 Å². The maximum Gasteiger partial charge on any atom is 0.256 e. The van der Waals surface area contributed by atoms with Gasteiger partial charge in [-0.25, -0.2) is 8.42 Å². The summed E-state index contributed by atoms with van der Waals surface area (Å²) in [5, 5.41) is 2.82. The Bertz CT molecular complexity index is 1400. The molecular weight excluding hydrogens is 410 g/mol. The molecule has 1 saturated heterocycles. The van der Waals surface area contributed by atoms with Crippen LogP contribution in [0, 0.1) is 0 Å². The van der Waals surface area contributed by atoms with Crippen molar-refractivity contribution in [2.45, 2.75) is 4.90 Å². The van der Waals surface area contributed by atoms with Crippen LogP contribution in [0.25, 0.3) is 21.7 Å². The number of hydrogen-bond donors (Lipinski definition) is 0. The molecule has 1 aliphatic rings. The van der Waals surface area contributed by atoms with Crippen molar-refractivity contribution in [3.63, 3.8) is 0 Å². The fraction of sp³-hybridized carbons (Fsp3) is 0.208. The second kappa shape index (κ2) is 7.51. The fourth-order valence-electron chi connectivity index (χ4n) is 4.29. The van der Waals surface area contributed by atoms with Crippen LogP contribution >= 0.6 is 0 Å². The summed E-state index contributed by atoms with van der Waals surface area (Å²) in [7, 11) is -1.68. The van der Waals surface area contributed by atoms with E-state index in [4.69, 9.17) is 0 Å². The second-order valence-corrected chi connectivity index (χ2v) is 9.81. The van der Waals surface area contributed by atoms with Crippen molar-refractivity contribution in [3.05, 3.63) is 78.5 Å². The van der Waals surface area contributed by atoms with Crippen LogP contribution in [0.4, 0.5) is 0 Å². The largest absolute Gasteiger partial charge is 0.350 e. The lowest BCUT2D eigenvalue weighted by Gasteiger charge is -2.34. The summed E-state index contributed by atoms with van der Waals surface area (Å²) in [6.45, 7) is 1.31. The van der Waals surface area contributed by atoms with Gasteiger partial charge in [-0.15, -0.1) is 0 Å². The van der Waals surface area contributed by atoms with E-state index < -0.39 is 10.0 Å². The molecule has 1 aliphatic heterocycles. The van der Waals surface area contributed by atoms with Crippen LogP contribution < -0.4 is 0 Å². The Labute approximate surface area is 181 Å². The Morgan fingerprint density at radius 3 is 2.29 bits per heavy atom. The van der Waals surface area contributed by atoms with Gasteiger partial charge in [0.2, 0.25) is 10.0 Å². The summed E-state index contributed by atoms with van der Waals surface area (Å²) in [5.41, 5.74) is 1.66. The topological polar surface area (TPSA) is 62.6 Å². The molecule has 0 bridgehead atoms. The van der Waals surface area contributed by atoms with Gasteiger partial charge >= 0.3 is 0 Å². The molecule has 0 radical (unpaired) electrons. The Morgan fingerprint density at radius 2 is 1.52 bits per heavy atom. The van der Waals surface area contributed by atoms with Crippen LogP contribution in [0.3, 0.4) is 0 Å². The lowest BCUT2D eigenvalue weighted by Crippen LogP contribution is -2.50. The van der Waals surface area contributed by atoms with Gasteiger partial charge in [0.15, 0.2) is 0 Å². The average Bonchev–Trinajstić information content (AvgIpc) is 3.15. The van der Waals surface area contributed by atoms with Gasteiger partial charge in [0.05, 0.1) is 10.5 Å². The fourth-order valence-corrected chi connectivity index (χ4v) is 5.75. The number of carbonyl (C=O) groups excluding carboxylic acids is 1. The number of piperazine rings is 1. The normalized spacial score (nSPS) is 15.6.